The van der Waals surface area contributed by atoms with Crippen LogP contribution in [0.1, 0.15) is 4.88 Å². The van der Waals surface area contributed by atoms with E-state index in [0.717, 1.165) is 9.35 Å². The molecule has 0 aromatic carbocycles. The van der Waals surface area contributed by atoms with Crippen LogP contribution in [-0.2, 0) is 11.2 Å². The summed E-state index contributed by atoms with van der Waals surface area (Å²) in [6.07, 6.45) is 0.604. The molecule has 1 amide bonds. The lowest BCUT2D eigenvalue weighted by atomic mass is 10.2. The minimum atomic E-state index is -0.435. The molecular weight excluding hydrogens is 264 g/mol. The predicted molar refractivity (Wildman–Crippen MR) is 62.4 cm³/mol. The average molecular weight is 277 g/mol. The number of carbonyl (C=O) groups is 1. The van der Waals surface area contributed by atoms with Gasteiger partial charge in [0.05, 0.1) is 6.04 Å². The Morgan fingerprint density at radius 3 is 2.79 bits per heavy atom. The third-order valence-electron chi connectivity index (χ3n) is 1.80. The number of hydrogen-bond donors (Lipinski definition) is 1. The highest BCUT2D eigenvalue weighted by molar-refractivity contribution is 9.10. The second kappa shape index (κ2) is 4.91. The van der Waals surface area contributed by atoms with E-state index in [0.29, 0.717) is 6.42 Å². The largest absolute Gasteiger partial charge is 0.347 e. The number of thiophene rings is 1. The van der Waals surface area contributed by atoms with Gasteiger partial charge in [0.25, 0.3) is 0 Å². The molecule has 1 rings (SSSR count). The van der Waals surface area contributed by atoms with E-state index in [1.165, 1.54) is 4.90 Å². The Labute approximate surface area is 96.0 Å². The van der Waals surface area contributed by atoms with Crippen LogP contribution in [0, 0.1) is 0 Å². The van der Waals surface area contributed by atoms with E-state index >= 15 is 0 Å². The van der Waals surface area contributed by atoms with Gasteiger partial charge in [0.2, 0.25) is 5.91 Å². The fraction of sp³-hybridized carbons (Fsp3) is 0.444. The molecule has 5 heteroatoms. The minimum Gasteiger partial charge on any atom is -0.347 e. The molecule has 0 aliphatic carbocycles. The van der Waals surface area contributed by atoms with E-state index in [1.807, 2.05) is 11.4 Å². The number of likely N-dealkylation sites (N-methyl/N-ethyl adjacent to an activating group) is 1. The first kappa shape index (κ1) is 11.7. The lowest BCUT2D eigenvalue weighted by Gasteiger charge is -2.15. The number of carbonyl (C=O) groups excluding carboxylic acids is 1. The van der Waals surface area contributed by atoms with Gasteiger partial charge < -0.3 is 10.6 Å². The number of rotatable bonds is 3. The van der Waals surface area contributed by atoms with Crippen LogP contribution in [0.5, 0.6) is 0 Å². The zero-order valence-electron chi connectivity index (χ0n) is 8.16. The number of nitrogens with zero attached hydrogens (tertiary/aromatic N) is 1. The van der Waals surface area contributed by atoms with Crippen molar-refractivity contribution in [3.05, 3.63) is 20.8 Å². The number of halogens is 1. The van der Waals surface area contributed by atoms with E-state index in [9.17, 15) is 4.79 Å². The van der Waals surface area contributed by atoms with Crippen molar-refractivity contribution in [3.8, 4) is 0 Å². The topological polar surface area (TPSA) is 46.3 Å². The molecule has 1 aromatic heterocycles. The SMILES string of the molecule is CN(C)C(=O)C(N)Cc1cc(Br)cs1. The summed E-state index contributed by atoms with van der Waals surface area (Å²) in [5.74, 6) is -0.0328. The van der Waals surface area contributed by atoms with Crippen molar-refractivity contribution in [2.75, 3.05) is 14.1 Å². The van der Waals surface area contributed by atoms with Gasteiger partial charge in [-0.1, -0.05) is 0 Å². The Morgan fingerprint density at radius 1 is 1.71 bits per heavy atom. The molecule has 78 valence electrons. The van der Waals surface area contributed by atoms with Gasteiger partial charge in [0.15, 0.2) is 0 Å². The lowest BCUT2D eigenvalue weighted by molar-refractivity contribution is -0.130. The van der Waals surface area contributed by atoms with Crippen molar-refractivity contribution in [1.29, 1.82) is 0 Å². The zero-order valence-corrected chi connectivity index (χ0v) is 10.6. The summed E-state index contributed by atoms with van der Waals surface area (Å²) in [4.78, 5) is 14.1. The van der Waals surface area contributed by atoms with Crippen molar-refractivity contribution >= 4 is 33.2 Å². The van der Waals surface area contributed by atoms with E-state index in [4.69, 9.17) is 5.73 Å². The van der Waals surface area contributed by atoms with Crippen molar-refractivity contribution in [1.82, 2.24) is 4.90 Å². The summed E-state index contributed by atoms with van der Waals surface area (Å²) in [5.41, 5.74) is 5.76. The van der Waals surface area contributed by atoms with Gasteiger partial charge in [-0.15, -0.1) is 11.3 Å². The Bertz CT molecular complexity index is 324. The molecule has 0 fully saturated rings. The molecule has 0 aliphatic rings. The normalized spacial score (nSPS) is 12.6. The maximum atomic E-state index is 11.4. The predicted octanol–water partition coefficient (Wildman–Crippen LogP) is 1.47. The van der Waals surface area contributed by atoms with Crippen LogP contribution in [-0.4, -0.2) is 30.9 Å². The average Bonchev–Trinajstić information content (AvgIpc) is 2.49. The molecule has 0 saturated carbocycles. The fourth-order valence-corrected chi connectivity index (χ4v) is 2.61. The molecule has 2 N–H and O–H groups in total. The standard InChI is InChI=1S/C9H13BrN2OS/c1-12(2)9(13)8(11)4-7-3-6(10)5-14-7/h3,5,8H,4,11H2,1-2H3. The maximum Gasteiger partial charge on any atom is 0.239 e. The van der Waals surface area contributed by atoms with Crippen molar-refractivity contribution in [2.45, 2.75) is 12.5 Å². The van der Waals surface area contributed by atoms with Gasteiger partial charge in [-0.25, -0.2) is 0 Å². The van der Waals surface area contributed by atoms with E-state index in [1.54, 1.807) is 25.4 Å². The van der Waals surface area contributed by atoms with Gasteiger partial charge in [-0.05, 0) is 22.0 Å². The Balaban J connectivity index is 2.57. The van der Waals surface area contributed by atoms with Crippen LogP contribution in [0.3, 0.4) is 0 Å². The second-order valence-electron chi connectivity index (χ2n) is 3.27. The van der Waals surface area contributed by atoms with Crippen molar-refractivity contribution < 1.29 is 4.79 Å². The van der Waals surface area contributed by atoms with Crippen LogP contribution >= 0.6 is 27.3 Å². The summed E-state index contributed by atoms with van der Waals surface area (Å²) in [6.45, 7) is 0. The van der Waals surface area contributed by atoms with E-state index in [-0.39, 0.29) is 5.91 Å². The number of amides is 1. The number of nitrogens with two attached hydrogens (primary N) is 1. The van der Waals surface area contributed by atoms with E-state index < -0.39 is 6.04 Å². The molecule has 0 aliphatic heterocycles. The molecule has 1 atom stereocenters. The highest BCUT2D eigenvalue weighted by atomic mass is 79.9. The summed E-state index contributed by atoms with van der Waals surface area (Å²) < 4.78 is 1.04. The Hall–Kier alpha value is -0.390. The maximum absolute atomic E-state index is 11.4. The van der Waals surface area contributed by atoms with Crippen LogP contribution < -0.4 is 5.73 Å². The molecule has 1 aromatic rings. The first-order valence-electron chi connectivity index (χ1n) is 4.20. The molecular formula is C9H13BrN2OS. The molecule has 1 heterocycles. The molecule has 0 saturated heterocycles. The zero-order chi connectivity index (χ0) is 10.7. The molecule has 0 bridgehead atoms. The summed E-state index contributed by atoms with van der Waals surface area (Å²) in [5, 5.41) is 1.99. The fourth-order valence-electron chi connectivity index (χ4n) is 1.10. The molecule has 3 nitrogen and oxygen atoms in total. The Kier molecular flexibility index (Phi) is 4.10. The van der Waals surface area contributed by atoms with Gasteiger partial charge in [0, 0.05) is 35.2 Å². The van der Waals surface area contributed by atoms with Crippen LogP contribution in [0.2, 0.25) is 0 Å². The monoisotopic (exact) mass is 276 g/mol. The highest BCUT2D eigenvalue weighted by Crippen LogP contribution is 2.20. The Morgan fingerprint density at radius 2 is 2.36 bits per heavy atom. The van der Waals surface area contributed by atoms with E-state index in [2.05, 4.69) is 15.9 Å². The van der Waals surface area contributed by atoms with Gasteiger partial charge in [-0.3, -0.25) is 4.79 Å². The minimum absolute atomic E-state index is 0.0328. The van der Waals surface area contributed by atoms with Crippen LogP contribution in [0.4, 0.5) is 0 Å². The third-order valence-corrected chi connectivity index (χ3v) is 3.52. The summed E-state index contributed by atoms with van der Waals surface area (Å²) >= 11 is 4.97. The lowest BCUT2D eigenvalue weighted by Crippen LogP contribution is -2.41. The smallest absolute Gasteiger partial charge is 0.239 e. The molecule has 1 unspecified atom stereocenters. The summed E-state index contributed by atoms with van der Waals surface area (Å²) in [7, 11) is 3.43. The molecule has 14 heavy (non-hydrogen) atoms. The summed E-state index contributed by atoms with van der Waals surface area (Å²) in [6, 6.07) is 1.56. The quantitative estimate of drug-likeness (QED) is 0.909. The van der Waals surface area contributed by atoms with Gasteiger partial charge >= 0.3 is 0 Å². The first-order chi connectivity index (χ1) is 6.50. The van der Waals surface area contributed by atoms with Gasteiger partial charge in [0.1, 0.15) is 0 Å². The highest BCUT2D eigenvalue weighted by Gasteiger charge is 2.16. The van der Waals surface area contributed by atoms with Gasteiger partial charge in [-0.2, -0.15) is 0 Å². The third kappa shape index (κ3) is 3.08. The van der Waals surface area contributed by atoms with Crippen molar-refractivity contribution in [3.63, 3.8) is 0 Å². The molecule has 0 radical (unpaired) electrons. The molecule has 0 spiro atoms. The van der Waals surface area contributed by atoms with Crippen molar-refractivity contribution in [2.24, 2.45) is 5.73 Å². The van der Waals surface area contributed by atoms with Crippen LogP contribution in [0.25, 0.3) is 0 Å². The van der Waals surface area contributed by atoms with Crippen LogP contribution in [0.15, 0.2) is 15.9 Å². The second-order valence-corrected chi connectivity index (χ2v) is 5.19. The number of hydrogen-bond acceptors (Lipinski definition) is 3. The first-order valence-corrected chi connectivity index (χ1v) is 5.87.